The van der Waals surface area contributed by atoms with Gasteiger partial charge < -0.3 is 15.0 Å². The first-order valence-electron chi connectivity index (χ1n) is 6.75. The van der Waals surface area contributed by atoms with Gasteiger partial charge in [0.05, 0.1) is 6.42 Å². The molecule has 1 aliphatic rings. The first kappa shape index (κ1) is 13.9. The summed E-state index contributed by atoms with van der Waals surface area (Å²) in [5.41, 5.74) is 0.967. The molecule has 0 fully saturated rings. The number of nitrogens with zero attached hydrogens (tertiary/aromatic N) is 1. The number of para-hydroxylation sites is 1. The van der Waals surface area contributed by atoms with Gasteiger partial charge in [-0.25, -0.2) is 0 Å². The van der Waals surface area contributed by atoms with Crippen molar-refractivity contribution < 1.29 is 9.53 Å². The molecule has 0 aliphatic carbocycles. The molecule has 0 aromatic heterocycles. The molecule has 104 valence electrons. The van der Waals surface area contributed by atoms with Gasteiger partial charge in [-0.1, -0.05) is 25.1 Å². The topological polar surface area (TPSA) is 41.6 Å². The van der Waals surface area contributed by atoms with Crippen LogP contribution in [0.3, 0.4) is 0 Å². The third kappa shape index (κ3) is 3.26. The predicted octanol–water partition coefficient (Wildman–Crippen LogP) is 1.30. The molecule has 0 bridgehead atoms. The lowest BCUT2D eigenvalue weighted by Gasteiger charge is -2.27. The summed E-state index contributed by atoms with van der Waals surface area (Å²) in [7, 11) is 3.78. The van der Waals surface area contributed by atoms with Gasteiger partial charge in [0, 0.05) is 31.6 Å². The molecule has 0 radical (unpaired) electrons. The Bertz CT molecular complexity index is 448. The molecule has 4 heteroatoms. The minimum Gasteiger partial charge on any atom is -0.488 e. The molecular formula is C15H22N2O2. The van der Waals surface area contributed by atoms with E-state index in [1.54, 1.807) is 4.90 Å². The third-order valence-electron chi connectivity index (χ3n) is 3.62. The first-order valence-corrected chi connectivity index (χ1v) is 6.75. The van der Waals surface area contributed by atoms with Crippen LogP contribution in [0.4, 0.5) is 0 Å². The fraction of sp³-hybridized carbons (Fsp3) is 0.533. The van der Waals surface area contributed by atoms with Gasteiger partial charge in [-0.15, -0.1) is 0 Å². The molecule has 0 unspecified atom stereocenters. The molecule has 0 spiro atoms. The summed E-state index contributed by atoms with van der Waals surface area (Å²) in [5, 5.41) is 3.16. The van der Waals surface area contributed by atoms with Crippen molar-refractivity contribution in [2.45, 2.75) is 19.4 Å². The zero-order valence-corrected chi connectivity index (χ0v) is 11.8. The van der Waals surface area contributed by atoms with Gasteiger partial charge in [0.2, 0.25) is 5.91 Å². The Morgan fingerprint density at radius 3 is 2.89 bits per heavy atom. The highest BCUT2D eigenvalue weighted by Gasteiger charge is 2.25. The van der Waals surface area contributed by atoms with E-state index in [-0.39, 0.29) is 17.9 Å². The van der Waals surface area contributed by atoms with Crippen molar-refractivity contribution in [3.63, 3.8) is 0 Å². The molecular weight excluding hydrogens is 240 g/mol. The van der Waals surface area contributed by atoms with Gasteiger partial charge in [0.15, 0.2) is 0 Å². The van der Waals surface area contributed by atoms with Gasteiger partial charge in [0.1, 0.15) is 11.9 Å². The van der Waals surface area contributed by atoms with Crippen molar-refractivity contribution >= 4 is 5.91 Å². The lowest BCUT2D eigenvalue weighted by molar-refractivity contribution is -0.129. The maximum absolute atomic E-state index is 12.1. The highest BCUT2D eigenvalue weighted by Crippen LogP contribution is 2.24. The molecule has 1 N–H and O–H groups in total. The summed E-state index contributed by atoms with van der Waals surface area (Å²) in [6.45, 7) is 3.62. The third-order valence-corrected chi connectivity index (χ3v) is 3.62. The number of ether oxygens (including phenoxy) is 1. The maximum atomic E-state index is 12.1. The number of amides is 1. The quantitative estimate of drug-likeness (QED) is 0.873. The van der Waals surface area contributed by atoms with Crippen LogP contribution in [0.25, 0.3) is 0 Å². The van der Waals surface area contributed by atoms with E-state index in [0.29, 0.717) is 6.42 Å². The van der Waals surface area contributed by atoms with E-state index in [9.17, 15) is 4.79 Å². The van der Waals surface area contributed by atoms with Gasteiger partial charge in [-0.05, 0) is 13.1 Å². The van der Waals surface area contributed by atoms with Crippen LogP contribution >= 0.6 is 0 Å². The van der Waals surface area contributed by atoms with E-state index in [4.69, 9.17) is 4.74 Å². The van der Waals surface area contributed by atoms with Crippen molar-refractivity contribution in [3.8, 4) is 5.75 Å². The van der Waals surface area contributed by atoms with Crippen LogP contribution in [-0.2, 0) is 11.2 Å². The molecule has 2 rings (SSSR count). The monoisotopic (exact) mass is 262 g/mol. The average Bonchev–Trinajstić information content (AvgIpc) is 2.42. The van der Waals surface area contributed by atoms with Gasteiger partial charge in [0.25, 0.3) is 0 Å². The van der Waals surface area contributed by atoms with Crippen molar-refractivity contribution in [2.24, 2.45) is 5.92 Å². The number of benzene rings is 1. The van der Waals surface area contributed by atoms with Gasteiger partial charge >= 0.3 is 0 Å². The summed E-state index contributed by atoms with van der Waals surface area (Å²) < 4.78 is 6.12. The highest BCUT2D eigenvalue weighted by atomic mass is 16.5. The zero-order valence-electron chi connectivity index (χ0n) is 11.8. The molecule has 1 amide bonds. The Labute approximate surface area is 114 Å². The number of rotatable bonds is 2. The molecule has 1 aromatic carbocycles. The van der Waals surface area contributed by atoms with Crippen LogP contribution in [0, 0.1) is 5.92 Å². The first-order chi connectivity index (χ1) is 9.11. The van der Waals surface area contributed by atoms with Crippen molar-refractivity contribution in [3.05, 3.63) is 29.8 Å². The van der Waals surface area contributed by atoms with Crippen LogP contribution in [-0.4, -0.2) is 44.1 Å². The van der Waals surface area contributed by atoms with Crippen LogP contribution in [0.2, 0.25) is 0 Å². The van der Waals surface area contributed by atoms with Crippen LogP contribution in [0.15, 0.2) is 24.3 Å². The molecule has 0 saturated carbocycles. The normalized spacial score (nSPS) is 23.9. The second-order valence-electron chi connectivity index (χ2n) is 5.25. The smallest absolute Gasteiger partial charge is 0.226 e. The van der Waals surface area contributed by atoms with E-state index >= 15 is 0 Å². The van der Waals surface area contributed by atoms with Crippen LogP contribution in [0.1, 0.15) is 12.5 Å². The van der Waals surface area contributed by atoms with Gasteiger partial charge in [-0.2, -0.15) is 0 Å². The molecule has 1 heterocycles. The SMILES string of the molecule is CNC[C@H]1Oc2ccccc2CC(=O)N(C)C[C@H]1C. The van der Waals surface area contributed by atoms with E-state index in [1.165, 1.54) is 0 Å². The minimum atomic E-state index is 0.0690. The Morgan fingerprint density at radius 2 is 2.16 bits per heavy atom. The lowest BCUT2D eigenvalue weighted by Crippen LogP contribution is -2.41. The summed E-state index contributed by atoms with van der Waals surface area (Å²) in [5.74, 6) is 1.26. The molecule has 19 heavy (non-hydrogen) atoms. The second kappa shape index (κ2) is 6.06. The molecule has 0 saturated heterocycles. The summed E-state index contributed by atoms with van der Waals surface area (Å²) in [4.78, 5) is 14.0. The number of hydrogen-bond donors (Lipinski definition) is 1. The van der Waals surface area contributed by atoms with Crippen LogP contribution in [0.5, 0.6) is 5.75 Å². The van der Waals surface area contributed by atoms with E-state index < -0.39 is 0 Å². The van der Waals surface area contributed by atoms with E-state index in [2.05, 4.69) is 12.2 Å². The number of carbonyl (C=O) groups excluding carboxylic acids is 1. The van der Waals surface area contributed by atoms with Crippen molar-refractivity contribution in [1.29, 1.82) is 0 Å². The number of likely N-dealkylation sites (N-methyl/N-ethyl adjacent to an activating group) is 2. The summed E-state index contributed by atoms with van der Waals surface area (Å²) in [6.07, 6.45) is 0.477. The fourth-order valence-corrected chi connectivity index (χ4v) is 2.44. The number of nitrogens with one attached hydrogen (secondary N) is 1. The average molecular weight is 262 g/mol. The number of carbonyl (C=O) groups is 1. The second-order valence-corrected chi connectivity index (χ2v) is 5.25. The lowest BCUT2D eigenvalue weighted by atomic mass is 10.0. The molecule has 1 aromatic rings. The van der Waals surface area contributed by atoms with Crippen molar-refractivity contribution in [2.75, 3.05) is 27.2 Å². The van der Waals surface area contributed by atoms with Crippen molar-refractivity contribution in [1.82, 2.24) is 10.2 Å². The highest BCUT2D eigenvalue weighted by molar-refractivity contribution is 5.79. The summed E-state index contributed by atoms with van der Waals surface area (Å²) in [6, 6.07) is 7.81. The minimum absolute atomic E-state index is 0.0690. The Hall–Kier alpha value is -1.55. The van der Waals surface area contributed by atoms with E-state index in [1.807, 2.05) is 38.4 Å². The maximum Gasteiger partial charge on any atom is 0.226 e. The predicted molar refractivity (Wildman–Crippen MR) is 75.3 cm³/mol. The largest absolute Gasteiger partial charge is 0.488 e. The number of hydrogen-bond acceptors (Lipinski definition) is 3. The summed E-state index contributed by atoms with van der Waals surface area (Å²) >= 11 is 0. The molecule has 4 nitrogen and oxygen atoms in total. The molecule has 1 aliphatic heterocycles. The Morgan fingerprint density at radius 1 is 1.42 bits per heavy atom. The standard InChI is InChI=1S/C15H22N2O2/c1-11-10-17(3)15(18)8-12-6-4-5-7-13(12)19-14(11)9-16-2/h4-7,11,14,16H,8-10H2,1-3H3/t11-,14-/m1/s1. The van der Waals surface area contributed by atoms with Crippen LogP contribution < -0.4 is 10.1 Å². The zero-order chi connectivity index (χ0) is 13.8. The number of fused-ring (bicyclic) bond motifs is 1. The van der Waals surface area contributed by atoms with E-state index in [0.717, 1.165) is 24.4 Å². The fourth-order valence-electron chi connectivity index (χ4n) is 2.44. The Kier molecular flexibility index (Phi) is 4.43. The Balaban J connectivity index is 2.32. The molecule has 2 atom stereocenters. The van der Waals surface area contributed by atoms with Gasteiger partial charge in [-0.3, -0.25) is 4.79 Å².